The van der Waals surface area contributed by atoms with E-state index in [-0.39, 0.29) is 5.60 Å². The minimum Gasteiger partial charge on any atom is -0.371 e. The molecule has 0 radical (unpaired) electrons. The molecule has 2 saturated heterocycles. The molecule has 1 spiro atoms. The van der Waals surface area contributed by atoms with Crippen LogP contribution in [0, 0.1) is 5.92 Å². The Morgan fingerprint density at radius 3 is 3.00 bits per heavy atom. The number of nitrogens with zero attached hydrogens (tertiary/aromatic N) is 3. The number of anilines is 1. The standard InChI is InChI=1S/C16H24N4O/c1-5-16(12-20(8-1)10-13-3-4-13)9-14(11-21-16)19-15-17-6-2-7-18-15/h2,6-7,13-14H,1,3-5,8-12H2,(H,17,18,19)/t14-,16+/m0/s1. The molecule has 0 unspecified atom stereocenters. The van der Waals surface area contributed by atoms with Crippen LogP contribution in [-0.4, -0.2) is 52.8 Å². The third-order valence-electron chi connectivity index (χ3n) is 4.94. The van der Waals surface area contributed by atoms with Gasteiger partial charge in [0.25, 0.3) is 0 Å². The lowest BCUT2D eigenvalue weighted by molar-refractivity contribution is -0.0521. The van der Waals surface area contributed by atoms with E-state index in [1.807, 2.05) is 6.07 Å². The number of rotatable bonds is 4. The minimum atomic E-state index is 0.0690. The normalized spacial score (nSPS) is 33.4. The van der Waals surface area contributed by atoms with Crippen LogP contribution in [-0.2, 0) is 4.74 Å². The van der Waals surface area contributed by atoms with Crippen molar-refractivity contribution in [3.8, 4) is 0 Å². The second-order valence-corrected chi connectivity index (χ2v) is 6.89. The first-order valence-electron chi connectivity index (χ1n) is 8.21. The van der Waals surface area contributed by atoms with E-state index in [1.165, 1.54) is 38.8 Å². The van der Waals surface area contributed by atoms with Gasteiger partial charge < -0.3 is 15.0 Å². The van der Waals surface area contributed by atoms with Crippen LogP contribution in [0.4, 0.5) is 5.95 Å². The molecule has 3 aliphatic rings. The van der Waals surface area contributed by atoms with Crippen molar-refractivity contribution < 1.29 is 4.74 Å². The zero-order valence-corrected chi connectivity index (χ0v) is 12.5. The van der Waals surface area contributed by atoms with Crippen molar-refractivity contribution in [2.45, 2.75) is 43.7 Å². The zero-order chi connectivity index (χ0) is 14.1. The van der Waals surface area contributed by atoms with Crippen molar-refractivity contribution >= 4 is 5.95 Å². The first-order valence-corrected chi connectivity index (χ1v) is 8.21. The lowest BCUT2D eigenvalue weighted by Crippen LogP contribution is -2.48. The van der Waals surface area contributed by atoms with Gasteiger partial charge in [0.05, 0.1) is 18.2 Å². The summed E-state index contributed by atoms with van der Waals surface area (Å²) in [5.74, 6) is 1.68. The van der Waals surface area contributed by atoms with Crippen molar-refractivity contribution in [1.29, 1.82) is 0 Å². The highest BCUT2D eigenvalue weighted by Crippen LogP contribution is 2.37. The number of aromatic nitrogens is 2. The Bertz CT molecular complexity index is 478. The molecule has 114 valence electrons. The zero-order valence-electron chi connectivity index (χ0n) is 12.5. The lowest BCUT2D eigenvalue weighted by Gasteiger charge is -2.39. The number of likely N-dealkylation sites (tertiary alicyclic amines) is 1. The molecule has 2 aliphatic heterocycles. The highest BCUT2D eigenvalue weighted by Gasteiger charge is 2.44. The van der Waals surface area contributed by atoms with E-state index in [9.17, 15) is 0 Å². The van der Waals surface area contributed by atoms with E-state index in [4.69, 9.17) is 4.74 Å². The molecule has 1 N–H and O–H groups in total. The predicted molar refractivity (Wildman–Crippen MR) is 81.1 cm³/mol. The van der Waals surface area contributed by atoms with Crippen molar-refractivity contribution in [2.24, 2.45) is 5.92 Å². The van der Waals surface area contributed by atoms with Gasteiger partial charge in [0.1, 0.15) is 0 Å². The van der Waals surface area contributed by atoms with Gasteiger partial charge in [-0.25, -0.2) is 9.97 Å². The van der Waals surface area contributed by atoms with E-state index < -0.39 is 0 Å². The Balaban J connectivity index is 1.35. The third-order valence-corrected chi connectivity index (χ3v) is 4.94. The van der Waals surface area contributed by atoms with Gasteiger partial charge in [0.15, 0.2) is 0 Å². The summed E-state index contributed by atoms with van der Waals surface area (Å²) in [4.78, 5) is 11.1. The molecule has 0 bridgehead atoms. The maximum atomic E-state index is 6.24. The summed E-state index contributed by atoms with van der Waals surface area (Å²) in [6.07, 6.45) is 9.95. The fraction of sp³-hybridized carbons (Fsp3) is 0.750. The van der Waals surface area contributed by atoms with Crippen LogP contribution in [0.5, 0.6) is 0 Å². The fourth-order valence-electron chi connectivity index (χ4n) is 3.79. The summed E-state index contributed by atoms with van der Waals surface area (Å²) in [5, 5.41) is 3.41. The molecule has 5 heteroatoms. The molecule has 0 aromatic carbocycles. The maximum absolute atomic E-state index is 6.24. The predicted octanol–water partition coefficient (Wildman–Crippen LogP) is 1.92. The topological polar surface area (TPSA) is 50.3 Å². The molecule has 1 saturated carbocycles. The van der Waals surface area contributed by atoms with Crippen LogP contribution >= 0.6 is 0 Å². The van der Waals surface area contributed by atoms with E-state index in [0.29, 0.717) is 12.0 Å². The number of hydrogen-bond acceptors (Lipinski definition) is 5. The molecule has 3 heterocycles. The van der Waals surface area contributed by atoms with Crippen molar-refractivity contribution in [1.82, 2.24) is 14.9 Å². The molecule has 0 amide bonds. The summed E-state index contributed by atoms with van der Waals surface area (Å²) in [7, 11) is 0. The summed E-state index contributed by atoms with van der Waals surface area (Å²) >= 11 is 0. The Hall–Kier alpha value is -1.20. The molecule has 1 aliphatic carbocycles. The van der Waals surface area contributed by atoms with Gasteiger partial charge in [-0.2, -0.15) is 0 Å². The molecular weight excluding hydrogens is 264 g/mol. The number of nitrogens with one attached hydrogen (secondary N) is 1. The quantitative estimate of drug-likeness (QED) is 0.917. The monoisotopic (exact) mass is 288 g/mol. The van der Waals surface area contributed by atoms with Crippen LogP contribution in [0.2, 0.25) is 0 Å². The first-order chi connectivity index (χ1) is 10.3. The minimum absolute atomic E-state index is 0.0690. The highest BCUT2D eigenvalue weighted by molar-refractivity contribution is 5.25. The van der Waals surface area contributed by atoms with E-state index in [2.05, 4.69) is 20.2 Å². The fourth-order valence-corrected chi connectivity index (χ4v) is 3.79. The lowest BCUT2D eigenvalue weighted by atomic mass is 9.88. The van der Waals surface area contributed by atoms with Gasteiger partial charge in [-0.3, -0.25) is 0 Å². The maximum Gasteiger partial charge on any atom is 0.222 e. The van der Waals surface area contributed by atoms with Crippen molar-refractivity contribution in [3.63, 3.8) is 0 Å². The van der Waals surface area contributed by atoms with Gasteiger partial charge >= 0.3 is 0 Å². The molecule has 21 heavy (non-hydrogen) atoms. The van der Waals surface area contributed by atoms with E-state index >= 15 is 0 Å². The number of ether oxygens (including phenoxy) is 1. The largest absolute Gasteiger partial charge is 0.371 e. The molecule has 5 nitrogen and oxygen atoms in total. The molecule has 1 aromatic heterocycles. The van der Waals surface area contributed by atoms with Crippen LogP contribution in [0.3, 0.4) is 0 Å². The van der Waals surface area contributed by atoms with Crippen LogP contribution in [0.1, 0.15) is 32.1 Å². The van der Waals surface area contributed by atoms with Gasteiger partial charge in [-0.1, -0.05) is 0 Å². The summed E-state index contributed by atoms with van der Waals surface area (Å²) < 4.78 is 6.24. The first kappa shape index (κ1) is 13.5. The van der Waals surface area contributed by atoms with Crippen molar-refractivity contribution in [3.05, 3.63) is 18.5 Å². The van der Waals surface area contributed by atoms with Gasteiger partial charge in [-0.05, 0) is 44.2 Å². The summed E-state index contributed by atoms with van der Waals surface area (Å²) in [5.41, 5.74) is 0.0690. The Labute approximate surface area is 126 Å². The summed E-state index contributed by atoms with van der Waals surface area (Å²) in [6, 6.07) is 2.18. The average Bonchev–Trinajstić information content (AvgIpc) is 3.23. The van der Waals surface area contributed by atoms with E-state index in [1.54, 1.807) is 12.4 Å². The van der Waals surface area contributed by atoms with Gasteiger partial charge in [0.2, 0.25) is 5.95 Å². The molecular formula is C16H24N4O. The SMILES string of the molecule is c1cnc(N[C@@H]2CO[C@]3(CCCN(CC4CC4)C3)C2)nc1. The smallest absolute Gasteiger partial charge is 0.222 e. The Morgan fingerprint density at radius 1 is 1.33 bits per heavy atom. The van der Waals surface area contributed by atoms with Crippen LogP contribution < -0.4 is 5.32 Å². The molecule has 3 fully saturated rings. The molecule has 1 aromatic rings. The third kappa shape index (κ3) is 3.19. The Morgan fingerprint density at radius 2 is 2.19 bits per heavy atom. The van der Waals surface area contributed by atoms with Gasteiger partial charge in [0, 0.05) is 31.9 Å². The van der Waals surface area contributed by atoms with E-state index in [0.717, 1.165) is 25.5 Å². The number of piperidine rings is 1. The Kier molecular flexibility index (Phi) is 3.55. The molecule has 2 atom stereocenters. The summed E-state index contributed by atoms with van der Waals surface area (Å²) in [6.45, 7) is 4.42. The second kappa shape index (κ2) is 5.54. The van der Waals surface area contributed by atoms with Crippen LogP contribution in [0.15, 0.2) is 18.5 Å². The van der Waals surface area contributed by atoms with Gasteiger partial charge in [-0.15, -0.1) is 0 Å². The number of hydrogen-bond donors (Lipinski definition) is 1. The highest BCUT2D eigenvalue weighted by atomic mass is 16.5. The van der Waals surface area contributed by atoms with Crippen LogP contribution in [0.25, 0.3) is 0 Å². The average molecular weight is 288 g/mol. The second-order valence-electron chi connectivity index (χ2n) is 6.89. The van der Waals surface area contributed by atoms with Crippen molar-refractivity contribution in [2.75, 3.05) is 31.6 Å². The molecule has 4 rings (SSSR count).